The number of ether oxygens (including phenoxy) is 2. The van der Waals surface area contributed by atoms with Gasteiger partial charge >= 0.3 is 5.97 Å². The highest BCUT2D eigenvalue weighted by molar-refractivity contribution is 8.04. The zero-order valence-corrected chi connectivity index (χ0v) is 10.3. The van der Waals surface area contributed by atoms with Crippen LogP contribution in [0.1, 0.15) is 0 Å². The van der Waals surface area contributed by atoms with Gasteiger partial charge in [0.25, 0.3) is 0 Å². The molecule has 0 saturated heterocycles. The van der Waals surface area contributed by atoms with Crippen LogP contribution >= 0.6 is 24.2 Å². The standard InChI is InChI=1S/C11H10O3S.ClH/c1-13-11(12)10-6-7-14-8-4-2-3-5-9(8)15-10;/h2-6H,7H2,1H3;1H. The van der Waals surface area contributed by atoms with Crippen molar-refractivity contribution >= 4 is 30.1 Å². The minimum Gasteiger partial charge on any atom is -0.488 e. The predicted octanol–water partition coefficient (Wildman–Crippen LogP) is 2.65. The first-order valence-electron chi connectivity index (χ1n) is 4.49. The van der Waals surface area contributed by atoms with E-state index in [4.69, 9.17) is 4.74 Å². The molecule has 0 unspecified atom stereocenters. The number of benzene rings is 1. The number of methoxy groups -OCH3 is 1. The summed E-state index contributed by atoms with van der Waals surface area (Å²) in [7, 11) is 1.38. The molecule has 1 aromatic rings. The van der Waals surface area contributed by atoms with Gasteiger partial charge in [0.2, 0.25) is 0 Å². The smallest absolute Gasteiger partial charge is 0.344 e. The van der Waals surface area contributed by atoms with Crippen LogP contribution in [0.4, 0.5) is 0 Å². The van der Waals surface area contributed by atoms with E-state index in [1.54, 1.807) is 6.08 Å². The lowest BCUT2D eigenvalue weighted by molar-refractivity contribution is -0.135. The monoisotopic (exact) mass is 258 g/mol. The summed E-state index contributed by atoms with van der Waals surface area (Å²) >= 11 is 1.37. The molecule has 0 N–H and O–H groups in total. The summed E-state index contributed by atoms with van der Waals surface area (Å²) in [4.78, 5) is 12.9. The summed E-state index contributed by atoms with van der Waals surface area (Å²) in [5, 5.41) is 0. The van der Waals surface area contributed by atoms with Crippen molar-refractivity contribution in [2.45, 2.75) is 4.90 Å². The molecule has 2 rings (SSSR count). The van der Waals surface area contributed by atoms with Crippen LogP contribution in [-0.2, 0) is 9.53 Å². The first-order valence-corrected chi connectivity index (χ1v) is 5.31. The molecule has 3 nitrogen and oxygen atoms in total. The Morgan fingerprint density at radius 1 is 1.44 bits per heavy atom. The number of hydrogen-bond donors (Lipinski definition) is 0. The van der Waals surface area contributed by atoms with Crippen molar-refractivity contribution in [1.29, 1.82) is 0 Å². The summed E-state index contributed by atoms with van der Waals surface area (Å²) in [6.45, 7) is 0.397. The van der Waals surface area contributed by atoms with E-state index in [0.717, 1.165) is 10.6 Å². The van der Waals surface area contributed by atoms with Crippen molar-refractivity contribution in [1.82, 2.24) is 0 Å². The quantitative estimate of drug-likeness (QED) is 0.726. The van der Waals surface area contributed by atoms with Gasteiger partial charge in [-0.1, -0.05) is 23.9 Å². The number of fused-ring (bicyclic) bond motifs is 1. The van der Waals surface area contributed by atoms with Crippen LogP contribution in [0.25, 0.3) is 0 Å². The molecule has 0 saturated carbocycles. The van der Waals surface area contributed by atoms with Gasteiger partial charge in [0, 0.05) is 0 Å². The minimum absolute atomic E-state index is 0. The summed E-state index contributed by atoms with van der Waals surface area (Å²) in [6.07, 6.45) is 1.73. The number of esters is 1. The highest BCUT2D eigenvalue weighted by Gasteiger charge is 2.16. The van der Waals surface area contributed by atoms with E-state index in [1.807, 2.05) is 24.3 Å². The van der Waals surface area contributed by atoms with Crippen molar-refractivity contribution in [3.63, 3.8) is 0 Å². The van der Waals surface area contributed by atoms with Crippen LogP contribution in [0.15, 0.2) is 40.1 Å². The van der Waals surface area contributed by atoms with Gasteiger partial charge in [-0.05, 0) is 18.2 Å². The molecular formula is C11H11ClO3S. The summed E-state index contributed by atoms with van der Waals surface area (Å²) in [6, 6.07) is 7.62. The molecule has 0 spiro atoms. The normalized spacial score (nSPS) is 13.4. The van der Waals surface area contributed by atoms with Gasteiger partial charge in [-0.15, -0.1) is 12.4 Å². The number of para-hydroxylation sites is 1. The van der Waals surface area contributed by atoms with Crippen LogP contribution in [-0.4, -0.2) is 19.7 Å². The maximum absolute atomic E-state index is 11.4. The average Bonchev–Trinajstić information content (AvgIpc) is 2.49. The molecule has 86 valence electrons. The summed E-state index contributed by atoms with van der Waals surface area (Å²) in [5.41, 5.74) is 0. The van der Waals surface area contributed by atoms with E-state index in [-0.39, 0.29) is 18.4 Å². The van der Waals surface area contributed by atoms with Gasteiger partial charge in [0.15, 0.2) is 0 Å². The highest BCUT2D eigenvalue weighted by atomic mass is 35.5. The second-order valence-electron chi connectivity index (χ2n) is 2.92. The molecule has 0 atom stereocenters. The minimum atomic E-state index is -0.319. The van der Waals surface area contributed by atoms with Crippen molar-refractivity contribution in [2.24, 2.45) is 0 Å². The van der Waals surface area contributed by atoms with Crippen molar-refractivity contribution < 1.29 is 14.3 Å². The Morgan fingerprint density at radius 2 is 2.19 bits per heavy atom. The molecular weight excluding hydrogens is 248 g/mol. The molecule has 1 aliphatic heterocycles. The number of rotatable bonds is 1. The Hall–Kier alpha value is -1.13. The van der Waals surface area contributed by atoms with Gasteiger partial charge in [-0.3, -0.25) is 0 Å². The van der Waals surface area contributed by atoms with E-state index < -0.39 is 0 Å². The third-order valence-corrected chi connectivity index (χ3v) is 3.07. The lowest BCUT2D eigenvalue weighted by Gasteiger charge is -2.05. The third kappa shape index (κ3) is 2.71. The van der Waals surface area contributed by atoms with Crippen molar-refractivity contribution in [3.05, 3.63) is 35.2 Å². The molecule has 0 amide bonds. The zero-order chi connectivity index (χ0) is 10.7. The SMILES string of the molecule is COC(=O)C1=CCOc2ccccc2S1.Cl. The summed E-state index contributed by atoms with van der Waals surface area (Å²) < 4.78 is 10.1. The van der Waals surface area contributed by atoms with Crippen LogP contribution < -0.4 is 4.74 Å². The van der Waals surface area contributed by atoms with Crippen molar-refractivity contribution in [3.8, 4) is 5.75 Å². The Balaban J connectivity index is 0.00000128. The molecule has 0 aliphatic carbocycles. The highest BCUT2D eigenvalue weighted by Crippen LogP contribution is 2.36. The maximum atomic E-state index is 11.4. The van der Waals surface area contributed by atoms with Gasteiger partial charge in [-0.2, -0.15) is 0 Å². The Bertz CT molecular complexity index is 417. The molecule has 0 radical (unpaired) electrons. The Kier molecular flexibility index (Phi) is 4.71. The first-order chi connectivity index (χ1) is 7.31. The number of hydrogen-bond acceptors (Lipinski definition) is 4. The van der Waals surface area contributed by atoms with E-state index >= 15 is 0 Å². The van der Waals surface area contributed by atoms with Crippen LogP contribution in [0, 0.1) is 0 Å². The van der Waals surface area contributed by atoms with E-state index in [1.165, 1.54) is 18.9 Å². The van der Waals surface area contributed by atoms with Gasteiger partial charge in [0.05, 0.1) is 16.9 Å². The van der Waals surface area contributed by atoms with E-state index in [2.05, 4.69) is 4.74 Å². The number of halogens is 1. The molecule has 5 heteroatoms. The molecule has 0 bridgehead atoms. The molecule has 16 heavy (non-hydrogen) atoms. The average molecular weight is 259 g/mol. The Morgan fingerprint density at radius 3 is 2.94 bits per heavy atom. The van der Waals surface area contributed by atoms with Crippen LogP contribution in [0.3, 0.4) is 0 Å². The molecule has 1 heterocycles. The van der Waals surface area contributed by atoms with E-state index in [0.29, 0.717) is 11.5 Å². The largest absolute Gasteiger partial charge is 0.488 e. The summed E-state index contributed by atoms with van der Waals surface area (Å²) in [5.74, 6) is 0.484. The zero-order valence-electron chi connectivity index (χ0n) is 8.64. The number of carbonyl (C=O) groups is 1. The third-order valence-electron chi connectivity index (χ3n) is 1.96. The molecule has 0 fully saturated rings. The number of thioether (sulfide) groups is 1. The first kappa shape index (κ1) is 12.9. The topological polar surface area (TPSA) is 35.5 Å². The van der Waals surface area contributed by atoms with Gasteiger partial charge in [-0.25, -0.2) is 4.79 Å². The van der Waals surface area contributed by atoms with Gasteiger partial charge < -0.3 is 9.47 Å². The van der Waals surface area contributed by atoms with Crippen LogP contribution in [0.2, 0.25) is 0 Å². The fourth-order valence-corrected chi connectivity index (χ4v) is 2.18. The lowest BCUT2D eigenvalue weighted by atomic mass is 10.3. The van der Waals surface area contributed by atoms with Crippen molar-refractivity contribution in [2.75, 3.05) is 13.7 Å². The fraction of sp³-hybridized carbons (Fsp3) is 0.182. The Labute approximate surface area is 104 Å². The molecule has 1 aromatic carbocycles. The van der Waals surface area contributed by atoms with E-state index in [9.17, 15) is 4.79 Å². The second kappa shape index (κ2) is 5.82. The molecule has 1 aliphatic rings. The number of carbonyl (C=O) groups excluding carboxylic acids is 1. The fourth-order valence-electron chi connectivity index (χ4n) is 1.25. The lowest BCUT2D eigenvalue weighted by Crippen LogP contribution is -2.02. The second-order valence-corrected chi connectivity index (χ2v) is 4.00. The predicted molar refractivity (Wildman–Crippen MR) is 65.1 cm³/mol. The van der Waals surface area contributed by atoms with Gasteiger partial charge in [0.1, 0.15) is 12.4 Å². The molecule has 0 aromatic heterocycles. The maximum Gasteiger partial charge on any atom is 0.344 e. The van der Waals surface area contributed by atoms with Crippen LogP contribution in [0.5, 0.6) is 5.75 Å².